The van der Waals surface area contributed by atoms with Crippen molar-refractivity contribution >= 4 is 35.2 Å². The normalized spacial score (nSPS) is 14.2. The highest BCUT2D eigenvalue weighted by molar-refractivity contribution is 6.30. The number of ether oxygens (including phenoxy) is 1. The quantitative estimate of drug-likeness (QED) is 0.596. The summed E-state index contributed by atoms with van der Waals surface area (Å²) in [6, 6.07) is 19.9. The fourth-order valence-corrected chi connectivity index (χ4v) is 3.37. The molecule has 0 radical (unpaired) electrons. The number of fused-ring (bicyclic) bond motifs is 1. The van der Waals surface area contributed by atoms with Crippen molar-refractivity contribution in [2.75, 3.05) is 11.4 Å². The second-order valence-corrected chi connectivity index (χ2v) is 7.36. The molecule has 0 aliphatic carbocycles. The van der Waals surface area contributed by atoms with E-state index >= 15 is 0 Å². The van der Waals surface area contributed by atoms with E-state index in [0.717, 1.165) is 5.56 Å². The smallest absolute Gasteiger partial charge is 0.294 e. The zero-order valence-electron chi connectivity index (χ0n) is 16.3. The summed E-state index contributed by atoms with van der Waals surface area (Å²) in [4.78, 5) is 27.0. The highest BCUT2D eigenvalue weighted by Gasteiger charge is 2.31. The van der Waals surface area contributed by atoms with Crippen molar-refractivity contribution in [3.63, 3.8) is 0 Å². The number of halogens is 2. The molecule has 4 rings (SSSR count). The Hall–Kier alpha value is -3.64. The number of rotatable bonds is 5. The lowest BCUT2D eigenvalue weighted by Gasteiger charge is -2.30. The number of nitrogens with zero attached hydrogens (tertiary/aromatic N) is 1. The zero-order valence-corrected chi connectivity index (χ0v) is 17.1. The number of anilines is 1. The van der Waals surface area contributed by atoms with E-state index in [1.807, 2.05) is 0 Å². The van der Waals surface area contributed by atoms with Crippen molar-refractivity contribution in [3.8, 4) is 5.75 Å². The van der Waals surface area contributed by atoms with Crippen molar-refractivity contribution in [1.82, 2.24) is 5.32 Å². The number of hydrogen-bond acceptors (Lipinski definition) is 3. The van der Waals surface area contributed by atoms with E-state index in [1.54, 1.807) is 66.7 Å². The first-order valence-electron chi connectivity index (χ1n) is 9.57. The van der Waals surface area contributed by atoms with Crippen molar-refractivity contribution in [1.29, 1.82) is 0 Å². The Kier molecular flexibility index (Phi) is 6.00. The summed E-state index contributed by atoms with van der Waals surface area (Å²) in [7, 11) is 0. The molecule has 7 heteroatoms. The van der Waals surface area contributed by atoms with E-state index in [-0.39, 0.29) is 30.6 Å². The molecule has 0 spiro atoms. The molecule has 0 saturated carbocycles. The molecule has 0 saturated heterocycles. The molecule has 156 valence electrons. The van der Waals surface area contributed by atoms with E-state index in [1.165, 1.54) is 17.0 Å². The number of nitrogens with one attached hydrogen (secondary N) is 1. The molecule has 0 aromatic heterocycles. The van der Waals surface area contributed by atoms with E-state index in [9.17, 15) is 14.0 Å². The summed E-state index contributed by atoms with van der Waals surface area (Å²) in [5, 5.41) is 3.29. The van der Waals surface area contributed by atoms with Crippen LogP contribution in [0.2, 0.25) is 5.02 Å². The molecule has 5 nitrogen and oxygen atoms in total. The third-order valence-electron chi connectivity index (χ3n) is 4.68. The summed E-state index contributed by atoms with van der Waals surface area (Å²) < 4.78 is 18.8. The van der Waals surface area contributed by atoms with Crippen LogP contribution in [0.4, 0.5) is 10.1 Å². The first kappa shape index (κ1) is 20.6. The molecule has 1 N–H and O–H groups in total. The highest BCUT2D eigenvalue weighted by atomic mass is 35.5. The Morgan fingerprint density at radius 2 is 1.84 bits per heavy atom. The monoisotopic (exact) mass is 436 g/mol. The van der Waals surface area contributed by atoms with Crippen molar-refractivity contribution in [3.05, 3.63) is 101 Å². The highest BCUT2D eigenvalue weighted by Crippen LogP contribution is 2.35. The number of hydrogen-bond donors (Lipinski definition) is 1. The van der Waals surface area contributed by atoms with Crippen LogP contribution in [0.5, 0.6) is 5.75 Å². The van der Waals surface area contributed by atoms with Gasteiger partial charge in [0.05, 0.1) is 5.69 Å². The molecule has 0 bridgehead atoms. The van der Waals surface area contributed by atoms with Gasteiger partial charge in [-0.1, -0.05) is 48.0 Å². The minimum absolute atomic E-state index is 0.0901. The van der Waals surface area contributed by atoms with Crippen LogP contribution in [-0.4, -0.2) is 18.4 Å². The molecule has 0 fully saturated rings. The molecule has 1 heterocycles. The molecule has 1 aliphatic heterocycles. The molecule has 3 aromatic carbocycles. The fourth-order valence-electron chi connectivity index (χ4n) is 3.17. The van der Waals surface area contributed by atoms with Gasteiger partial charge >= 0.3 is 0 Å². The first-order chi connectivity index (χ1) is 15.0. The predicted octanol–water partition coefficient (Wildman–Crippen LogP) is 4.56. The average molecular weight is 437 g/mol. The lowest BCUT2D eigenvalue weighted by molar-refractivity contribution is -0.123. The third kappa shape index (κ3) is 4.92. The van der Waals surface area contributed by atoms with Crippen LogP contribution in [0.1, 0.15) is 11.1 Å². The predicted molar refractivity (Wildman–Crippen MR) is 117 cm³/mol. The van der Waals surface area contributed by atoms with Crippen LogP contribution in [0.25, 0.3) is 6.08 Å². The zero-order chi connectivity index (χ0) is 21.8. The summed E-state index contributed by atoms with van der Waals surface area (Å²) in [5.74, 6) is -0.564. The summed E-state index contributed by atoms with van der Waals surface area (Å²) >= 11 is 6.03. The van der Waals surface area contributed by atoms with Crippen LogP contribution in [0.15, 0.2) is 78.6 Å². The number of para-hydroxylation sites is 2. The Balaban J connectivity index is 1.54. The molecular formula is C24H18ClFN2O3. The topological polar surface area (TPSA) is 58.6 Å². The van der Waals surface area contributed by atoms with E-state index in [4.69, 9.17) is 16.3 Å². The molecule has 1 aliphatic rings. The maximum atomic E-state index is 13.1. The lowest BCUT2D eigenvalue weighted by atomic mass is 10.1. The molecule has 31 heavy (non-hydrogen) atoms. The van der Waals surface area contributed by atoms with E-state index in [2.05, 4.69) is 5.32 Å². The van der Waals surface area contributed by atoms with Gasteiger partial charge in [-0.25, -0.2) is 4.39 Å². The summed E-state index contributed by atoms with van der Waals surface area (Å²) in [6.07, 6.45) is 1.59. The number of carbonyl (C=O) groups excluding carboxylic acids is 2. The summed E-state index contributed by atoms with van der Waals surface area (Å²) in [6.45, 7) is 0.0395. The molecule has 0 unspecified atom stereocenters. The van der Waals surface area contributed by atoms with Gasteiger partial charge in [-0.05, 0) is 53.6 Å². The average Bonchev–Trinajstić information content (AvgIpc) is 2.76. The van der Waals surface area contributed by atoms with Gasteiger partial charge in [0, 0.05) is 11.6 Å². The number of benzene rings is 3. The first-order valence-corrected chi connectivity index (χ1v) is 9.94. The minimum Gasteiger partial charge on any atom is -0.449 e. The Bertz CT molecular complexity index is 1160. The molecule has 2 amide bonds. The van der Waals surface area contributed by atoms with Gasteiger partial charge in [-0.15, -0.1) is 0 Å². The largest absolute Gasteiger partial charge is 0.449 e. The Morgan fingerprint density at radius 3 is 2.61 bits per heavy atom. The number of amides is 2. The maximum absolute atomic E-state index is 13.1. The number of carbonyl (C=O) groups is 2. The van der Waals surface area contributed by atoms with Gasteiger partial charge in [-0.2, -0.15) is 0 Å². The van der Waals surface area contributed by atoms with Crippen molar-refractivity contribution in [2.45, 2.75) is 6.54 Å². The van der Waals surface area contributed by atoms with Gasteiger partial charge in [-0.3, -0.25) is 14.5 Å². The lowest BCUT2D eigenvalue weighted by Crippen LogP contribution is -2.44. The van der Waals surface area contributed by atoms with Crippen molar-refractivity contribution < 1.29 is 18.7 Å². The third-order valence-corrected chi connectivity index (χ3v) is 4.92. The second-order valence-electron chi connectivity index (χ2n) is 6.93. The minimum atomic E-state index is -0.435. The van der Waals surface area contributed by atoms with E-state index < -0.39 is 5.91 Å². The van der Waals surface area contributed by atoms with Crippen LogP contribution in [0.3, 0.4) is 0 Å². The second kappa shape index (κ2) is 9.02. The molecule has 0 atom stereocenters. The van der Waals surface area contributed by atoms with Crippen molar-refractivity contribution in [2.24, 2.45) is 0 Å². The van der Waals surface area contributed by atoms with Crippen LogP contribution in [0, 0.1) is 5.82 Å². The van der Waals surface area contributed by atoms with Crippen LogP contribution >= 0.6 is 11.6 Å². The fraction of sp³-hybridized carbons (Fsp3) is 0.0833. The SMILES string of the molecule is O=C(CN1C(=O)C(=Cc2cccc(Cl)c2)Oc2ccccc21)NCc1ccc(F)cc1. The van der Waals surface area contributed by atoms with Gasteiger partial charge < -0.3 is 10.1 Å². The van der Waals surface area contributed by atoms with Crippen LogP contribution < -0.4 is 15.0 Å². The Labute approximate surface area is 183 Å². The van der Waals surface area contributed by atoms with Gasteiger partial charge in [0.15, 0.2) is 11.5 Å². The van der Waals surface area contributed by atoms with Gasteiger partial charge in [0.1, 0.15) is 12.4 Å². The molecule has 3 aromatic rings. The summed E-state index contributed by atoms with van der Waals surface area (Å²) in [5.41, 5.74) is 1.97. The van der Waals surface area contributed by atoms with Gasteiger partial charge in [0.25, 0.3) is 5.91 Å². The standard InChI is InChI=1S/C24H18ClFN2O3/c25-18-5-3-4-17(12-18)13-22-24(30)28(20-6-1-2-7-21(20)31-22)15-23(29)27-14-16-8-10-19(26)11-9-16/h1-13H,14-15H2,(H,27,29). The van der Waals surface area contributed by atoms with E-state index in [0.29, 0.717) is 22.0 Å². The van der Waals surface area contributed by atoms with Gasteiger partial charge in [0.2, 0.25) is 5.91 Å². The Morgan fingerprint density at radius 1 is 1.06 bits per heavy atom. The molecular weight excluding hydrogens is 419 g/mol. The maximum Gasteiger partial charge on any atom is 0.294 e. The van der Waals surface area contributed by atoms with Crippen LogP contribution in [-0.2, 0) is 16.1 Å².